The van der Waals surface area contributed by atoms with Gasteiger partial charge in [0.15, 0.2) is 0 Å². The predicted molar refractivity (Wildman–Crippen MR) is 134 cm³/mol. The first-order chi connectivity index (χ1) is 17.3. The zero-order valence-electron chi connectivity index (χ0n) is 21.8. The Morgan fingerprint density at radius 1 is 0.865 bits per heavy atom. The van der Waals surface area contributed by atoms with Crippen LogP contribution in [0.4, 0.5) is 26.3 Å². The monoisotopic (exact) mass is 526 g/mol. The molecule has 37 heavy (non-hydrogen) atoms. The Kier molecular flexibility index (Phi) is 11.0. The predicted octanol–water partition coefficient (Wildman–Crippen LogP) is 8.33. The van der Waals surface area contributed by atoms with E-state index >= 15 is 0 Å². The Morgan fingerprint density at radius 3 is 1.89 bits per heavy atom. The molecule has 2 aromatic rings. The number of nitriles is 1. The minimum atomic E-state index is -4.86. The minimum absolute atomic E-state index is 0.317. The Hall–Kier alpha value is -2.53. The molecule has 0 radical (unpaired) electrons. The first-order valence-electron chi connectivity index (χ1n) is 12.6. The second-order valence-electron chi connectivity index (χ2n) is 9.98. The van der Waals surface area contributed by atoms with Gasteiger partial charge in [-0.05, 0) is 69.1 Å². The van der Waals surface area contributed by atoms with Crippen LogP contribution in [0.3, 0.4) is 0 Å². The maximum Gasteiger partial charge on any atom is 0.393 e. The summed E-state index contributed by atoms with van der Waals surface area (Å²) in [6, 6.07) is 19.4. The summed E-state index contributed by atoms with van der Waals surface area (Å²) in [5.41, 5.74) is 2.61. The standard InChI is InChI=1S/C27H33F6N.C2H3N/c1-18(2)34(16-15-20-7-5-4-6-8-20)19(3)9-10-21-11-13-22(14-12-21)23-17-24(26(28,29)30)25(23)27(31,32)33;1-2-3/h4-8,11-14,18-19,23-25H,9-10,15-17H2,1-3H3;1H3. The SMILES string of the molecule is CC#N.CC(C)N(CCc1ccccc1)C(C)CCc1ccc(C2CC(C(F)(F)F)C2C(F)(F)F)cc1. The van der Waals surface area contributed by atoms with Gasteiger partial charge in [0.05, 0.1) is 17.9 Å². The normalized spacial score (nSPS) is 20.6. The van der Waals surface area contributed by atoms with Gasteiger partial charge in [0.25, 0.3) is 0 Å². The number of hydrogen-bond acceptors (Lipinski definition) is 2. The fourth-order valence-corrected chi connectivity index (χ4v) is 5.15. The first kappa shape index (κ1) is 30.7. The number of aryl methyl sites for hydroxylation is 1. The summed E-state index contributed by atoms with van der Waals surface area (Å²) >= 11 is 0. The van der Waals surface area contributed by atoms with Crippen molar-refractivity contribution in [1.29, 1.82) is 5.26 Å². The molecule has 1 aliphatic carbocycles. The van der Waals surface area contributed by atoms with E-state index < -0.39 is 36.5 Å². The van der Waals surface area contributed by atoms with Crippen LogP contribution in [0.1, 0.15) is 63.1 Å². The fourth-order valence-electron chi connectivity index (χ4n) is 5.15. The summed E-state index contributed by atoms with van der Waals surface area (Å²) in [5, 5.41) is 7.32. The molecule has 1 saturated carbocycles. The molecule has 204 valence electrons. The van der Waals surface area contributed by atoms with Crippen molar-refractivity contribution < 1.29 is 26.3 Å². The van der Waals surface area contributed by atoms with Crippen molar-refractivity contribution in [2.45, 2.75) is 83.7 Å². The Labute approximate surface area is 216 Å². The second-order valence-corrected chi connectivity index (χ2v) is 9.98. The van der Waals surface area contributed by atoms with Crippen LogP contribution in [0.2, 0.25) is 0 Å². The molecule has 0 amide bonds. The molecular formula is C29H36F6N2. The Bertz CT molecular complexity index is 977. The molecule has 0 bridgehead atoms. The molecule has 3 rings (SSSR count). The molecule has 2 aromatic carbocycles. The largest absolute Gasteiger partial charge is 0.393 e. The van der Waals surface area contributed by atoms with Gasteiger partial charge in [-0.2, -0.15) is 31.6 Å². The first-order valence-corrected chi connectivity index (χ1v) is 12.6. The van der Waals surface area contributed by atoms with E-state index in [9.17, 15) is 26.3 Å². The topological polar surface area (TPSA) is 27.0 Å². The van der Waals surface area contributed by atoms with Gasteiger partial charge >= 0.3 is 12.4 Å². The summed E-state index contributed by atoms with van der Waals surface area (Å²) in [6.07, 6.45) is -7.59. The number of benzene rings is 2. The smallest absolute Gasteiger partial charge is 0.298 e. The van der Waals surface area contributed by atoms with Crippen LogP contribution in [0.25, 0.3) is 0 Å². The minimum Gasteiger partial charge on any atom is -0.298 e. The molecule has 0 heterocycles. The molecule has 0 aromatic heterocycles. The van der Waals surface area contributed by atoms with Crippen molar-refractivity contribution >= 4 is 0 Å². The van der Waals surface area contributed by atoms with E-state index in [1.54, 1.807) is 30.3 Å². The lowest BCUT2D eigenvalue weighted by atomic mass is 9.61. The van der Waals surface area contributed by atoms with Gasteiger partial charge < -0.3 is 0 Å². The second kappa shape index (κ2) is 13.3. The van der Waals surface area contributed by atoms with Crippen molar-refractivity contribution in [2.24, 2.45) is 11.8 Å². The Morgan fingerprint density at radius 2 is 1.41 bits per heavy atom. The Balaban J connectivity index is 0.00000153. The van der Waals surface area contributed by atoms with Gasteiger partial charge in [-0.1, -0.05) is 54.6 Å². The molecule has 2 nitrogen and oxygen atoms in total. The average Bonchev–Trinajstić information content (AvgIpc) is 2.77. The number of rotatable bonds is 9. The molecular weight excluding hydrogens is 490 g/mol. The van der Waals surface area contributed by atoms with Gasteiger partial charge in [-0.15, -0.1) is 0 Å². The van der Waals surface area contributed by atoms with Crippen LogP contribution in [0, 0.1) is 23.2 Å². The number of nitrogens with zero attached hydrogens (tertiary/aromatic N) is 2. The van der Waals surface area contributed by atoms with Crippen molar-refractivity contribution in [3.63, 3.8) is 0 Å². The average molecular weight is 527 g/mol. The van der Waals surface area contributed by atoms with Crippen LogP contribution >= 0.6 is 0 Å². The molecule has 8 heteroatoms. The lowest BCUT2D eigenvalue weighted by molar-refractivity contribution is -0.292. The zero-order valence-corrected chi connectivity index (χ0v) is 21.8. The van der Waals surface area contributed by atoms with E-state index in [0.717, 1.165) is 31.4 Å². The highest BCUT2D eigenvalue weighted by Gasteiger charge is 2.64. The highest BCUT2D eigenvalue weighted by molar-refractivity contribution is 5.29. The zero-order chi connectivity index (χ0) is 27.8. The van der Waals surface area contributed by atoms with Gasteiger partial charge in [0, 0.05) is 25.6 Å². The fraction of sp³-hybridized carbons (Fsp3) is 0.552. The summed E-state index contributed by atoms with van der Waals surface area (Å²) in [4.78, 5) is 2.45. The lowest BCUT2D eigenvalue weighted by Gasteiger charge is -2.46. The summed E-state index contributed by atoms with van der Waals surface area (Å²) in [6.45, 7) is 8.88. The molecule has 0 saturated heterocycles. The van der Waals surface area contributed by atoms with Crippen LogP contribution < -0.4 is 0 Å². The highest BCUT2D eigenvalue weighted by atomic mass is 19.4. The maximum absolute atomic E-state index is 13.3. The van der Waals surface area contributed by atoms with Crippen LogP contribution in [0.15, 0.2) is 54.6 Å². The molecule has 0 spiro atoms. The van der Waals surface area contributed by atoms with Gasteiger partial charge in [-0.3, -0.25) is 4.90 Å². The molecule has 1 aliphatic rings. The van der Waals surface area contributed by atoms with Gasteiger partial charge in [0.1, 0.15) is 0 Å². The molecule has 0 aliphatic heterocycles. The number of halogens is 6. The van der Waals surface area contributed by atoms with Crippen LogP contribution in [-0.4, -0.2) is 35.9 Å². The van der Waals surface area contributed by atoms with Crippen LogP contribution in [0.5, 0.6) is 0 Å². The third-order valence-corrected chi connectivity index (χ3v) is 7.16. The van der Waals surface area contributed by atoms with Crippen molar-refractivity contribution in [3.05, 3.63) is 71.3 Å². The summed E-state index contributed by atoms with van der Waals surface area (Å²) in [7, 11) is 0. The summed E-state index contributed by atoms with van der Waals surface area (Å²) < 4.78 is 78.9. The van der Waals surface area contributed by atoms with E-state index in [1.165, 1.54) is 12.5 Å². The molecule has 0 N–H and O–H groups in total. The van der Waals surface area contributed by atoms with E-state index in [2.05, 4.69) is 37.8 Å². The summed E-state index contributed by atoms with van der Waals surface area (Å²) in [5.74, 6) is -5.80. The van der Waals surface area contributed by atoms with Crippen molar-refractivity contribution in [3.8, 4) is 6.07 Å². The highest BCUT2D eigenvalue weighted by Crippen LogP contribution is 2.59. The quantitative estimate of drug-likeness (QED) is 0.307. The van der Waals surface area contributed by atoms with Gasteiger partial charge in [0.2, 0.25) is 0 Å². The van der Waals surface area contributed by atoms with Crippen molar-refractivity contribution in [2.75, 3.05) is 6.54 Å². The lowest BCUT2D eigenvalue weighted by Crippen LogP contribution is -2.51. The van der Waals surface area contributed by atoms with Crippen LogP contribution in [-0.2, 0) is 12.8 Å². The molecule has 4 atom stereocenters. The third kappa shape index (κ3) is 8.77. The van der Waals surface area contributed by atoms with E-state index in [1.807, 2.05) is 18.2 Å². The van der Waals surface area contributed by atoms with E-state index in [-0.39, 0.29) is 0 Å². The van der Waals surface area contributed by atoms with Gasteiger partial charge in [-0.25, -0.2) is 0 Å². The number of alkyl halides is 6. The molecule has 4 unspecified atom stereocenters. The van der Waals surface area contributed by atoms with E-state index in [0.29, 0.717) is 17.6 Å². The van der Waals surface area contributed by atoms with Crippen molar-refractivity contribution in [1.82, 2.24) is 4.90 Å². The number of hydrogen-bond donors (Lipinski definition) is 0. The maximum atomic E-state index is 13.3. The van der Waals surface area contributed by atoms with E-state index in [4.69, 9.17) is 5.26 Å². The molecule has 1 fully saturated rings. The third-order valence-electron chi connectivity index (χ3n) is 7.16.